The third-order valence-corrected chi connectivity index (χ3v) is 2.83. The van der Waals surface area contributed by atoms with E-state index in [0.717, 1.165) is 5.56 Å². The quantitative estimate of drug-likeness (QED) is 0.888. The first-order chi connectivity index (χ1) is 10.2. The molecule has 0 aliphatic rings. The molecule has 0 radical (unpaired) electrons. The van der Waals surface area contributed by atoms with Crippen molar-refractivity contribution in [1.82, 2.24) is 15.0 Å². The first-order valence-corrected chi connectivity index (χ1v) is 6.34. The summed E-state index contributed by atoms with van der Waals surface area (Å²) in [5, 5.41) is 11.8. The van der Waals surface area contributed by atoms with Gasteiger partial charge in [0.2, 0.25) is 11.9 Å². The number of anilines is 2. The van der Waals surface area contributed by atoms with E-state index in [2.05, 4.69) is 26.3 Å². The monoisotopic (exact) mass is 284 g/mol. The Bertz CT molecular complexity index is 645. The maximum Gasteiger partial charge on any atom is 0.322 e. The van der Waals surface area contributed by atoms with Gasteiger partial charge in [-0.2, -0.15) is 20.2 Å². The van der Waals surface area contributed by atoms with Gasteiger partial charge in [0.05, 0.1) is 18.7 Å². The molecule has 0 spiro atoms. The summed E-state index contributed by atoms with van der Waals surface area (Å²) in [5.74, 6) is 0.933. The number of rotatable bonds is 5. The highest BCUT2D eigenvalue weighted by Gasteiger charge is 2.10. The second-order valence-corrected chi connectivity index (χ2v) is 4.36. The second-order valence-electron chi connectivity index (χ2n) is 4.36. The van der Waals surface area contributed by atoms with Crippen LogP contribution >= 0.6 is 0 Å². The molecule has 2 aromatic rings. The van der Waals surface area contributed by atoms with Crippen LogP contribution in [0.15, 0.2) is 24.3 Å². The minimum atomic E-state index is 0.252. The number of nitrogens with one attached hydrogen (secondary N) is 1. The van der Waals surface area contributed by atoms with Gasteiger partial charge in [-0.25, -0.2) is 0 Å². The van der Waals surface area contributed by atoms with Gasteiger partial charge in [0.15, 0.2) is 0 Å². The molecule has 7 nitrogen and oxygen atoms in total. The van der Waals surface area contributed by atoms with E-state index in [9.17, 15) is 0 Å². The van der Waals surface area contributed by atoms with Crippen molar-refractivity contribution in [2.75, 3.05) is 31.4 Å². The molecular formula is C14H16N6O. The fourth-order valence-corrected chi connectivity index (χ4v) is 1.80. The lowest BCUT2D eigenvalue weighted by Gasteiger charge is -2.18. The molecule has 108 valence electrons. The van der Waals surface area contributed by atoms with Gasteiger partial charge < -0.3 is 15.0 Å². The molecule has 0 bridgehead atoms. The van der Waals surface area contributed by atoms with E-state index in [0.29, 0.717) is 24.0 Å². The van der Waals surface area contributed by atoms with Crippen LogP contribution in [0.5, 0.6) is 6.01 Å². The van der Waals surface area contributed by atoms with Crippen molar-refractivity contribution >= 4 is 11.9 Å². The fourth-order valence-electron chi connectivity index (χ4n) is 1.80. The highest BCUT2D eigenvalue weighted by Crippen LogP contribution is 2.16. The molecule has 1 aromatic heterocycles. The fraction of sp³-hybridized carbons (Fsp3) is 0.286. The predicted octanol–water partition coefficient (Wildman–Crippen LogP) is 1.43. The normalized spacial score (nSPS) is 9.81. The van der Waals surface area contributed by atoms with E-state index in [1.807, 2.05) is 30.1 Å². The number of benzene rings is 1. The number of nitriles is 1. The van der Waals surface area contributed by atoms with Crippen LogP contribution < -0.4 is 15.0 Å². The minimum absolute atomic E-state index is 0.252. The van der Waals surface area contributed by atoms with Gasteiger partial charge in [-0.15, -0.1) is 0 Å². The van der Waals surface area contributed by atoms with E-state index < -0.39 is 0 Å². The summed E-state index contributed by atoms with van der Waals surface area (Å²) in [4.78, 5) is 14.4. The molecule has 21 heavy (non-hydrogen) atoms. The van der Waals surface area contributed by atoms with Crippen LogP contribution in [-0.4, -0.2) is 36.2 Å². The molecule has 1 heterocycles. The Labute approximate surface area is 123 Å². The molecular weight excluding hydrogens is 268 g/mol. The smallest absolute Gasteiger partial charge is 0.322 e. The van der Waals surface area contributed by atoms with Gasteiger partial charge in [-0.1, -0.05) is 12.1 Å². The largest absolute Gasteiger partial charge is 0.467 e. The van der Waals surface area contributed by atoms with Crippen molar-refractivity contribution in [2.45, 2.75) is 6.54 Å². The maximum atomic E-state index is 8.93. The first-order valence-electron chi connectivity index (χ1n) is 6.34. The van der Waals surface area contributed by atoms with E-state index in [1.165, 1.54) is 7.11 Å². The minimum Gasteiger partial charge on any atom is -0.467 e. The van der Waals surface area contributed by atoms with E-state index in [1.54, 1.807) is 13.1 Å². The summed E-state index contributed by atoms with van der Waals surface area (Å²) in [7, 11) is 5.11. The molecule has 2 rings (SSSR count). The van der Waals surface area contributed by atoms with E-state index >= 15 is 0 Å². The molecule has 0 amide bonds. The lowest BCUT2D eigenvalue weighted by molar-refractivity contribution is 0.379. The Kier molecular flexibility index (Phi) is 4.51. The van der Waals surface area contributed by atoms with Crippen molar-refractivity contribution in [2.24, 2.45) is 0 Å². The third kappa shape index (κ3) is 3.57. The Morgan fingerprint density at radius 1 is 1.33 bits per heavy atom. The van der Waals surface area contributed by atoms with Gasteiger partial charge in [0.1, 0.15) is 0 Å². The average Bonchev–Trinajstić information content (AvgIpc) is 2.54. The van der Waals surface area contributed by atoms with Gasteiger partial charge >= 0.3 is 6.01 Å². The van der Waals surface area contributed by atoms with Gasteiger partial charge in [-0.3, -0.25) is 0 Å². The van der Waals surface area contributed by atoms with Crippen molar-refractivity contribution < 1.29 is 4.74 Å². The summed E-state index contributed by atoms with van der Waals surface area (Å²) in [5.41, 5.74) is 1.63. The topological polar surface area (TPSA) is 87.0 Å². The van der Waals surface area contributed by atoms with Crippen molar-refractivity contribution in [3.63, 3.8) is 0 Å². The van der Waals surface area contributed by atoms with Crippen LogP contribution in [0.1, 0.15) is 11.1 Å². The molecule has 0 saturated carbocycles. The third-order valence-electron chi connectivity index (χ3n) is 2.83. The Morgan fingerprint density at radius 2 is 2.14 bits per heavy atom. The van der Waals surface area contributed by atoms with Crippen LogP contribution in [0, 0.1) is 11.3 Å². The lowest BCUT2D eigenvalue weighted by Crippen LogP contribution is -2.20. The zero-order valence-electron chi connectivity index (χ0n) is 12.2. The molecule has 7 heteroatoms. The molecule has 0 unspecified atom stereocenters. The van der Waals surface area contributed by atoms with Gasteiger partial charge in [0, 0.05) is 20.6 Å². The predicted molar refractivity (Wildman–Crippen MR) is 79.2 cm³/mol. The number of hydrogen-bond acceptors (Lipinski definition) is 7. The van der Waals surface area contributed by atoms with Crippen LogP contribution in [0.4, 0.5) is 11.9 Å². The zero-order valence-corrected chi connectivity index (χ0v) is 12.2. The Morgan fingerprint density at radius 3 is 2.81 bits per heavy atom. The molecule has 0 aliphatic carbocycles. The summed E-state index contributed by atoms with van der Waals surface area (Å²) < 4.78 is 5.06. The number of ether oxygens (including phenoxy) is 1. The van der Waals surface area contributed by atoms with Crippen LogP contribution in [-0.2, 0) is 6.54 Å². The standard InChI is InChI=1S/C14H16N6O/c1-16-12-17-13(19-14(18-12)21-3)20(2)9-11-6-4-5-10(7-11)8-15/h4-7H,9H2,1-3H3,(H,16,17,18,19). The summed E-state index contributed by atoms with van der Waals surface area (Å²) in [6, 6.07) is 9.80. The molecule has 0 fully saturated rings. The Hall–Kier alpha value is -2.88. The SMILES string of the molecule is CNc1nc(OC)nc(N(C)Cc2cccc(C#N)c2)n1. The molecule has 1 aromatic carbocycles. The summed E-state index contributed by atoms with van der Waals surface area (Å²) in [6.07, 6.45) is 0. The van der Waals surface area contributed by atoms with E-state index in [-0.39, 0.29) is 6.01 Å². The molecule has 0 saturated heterocycles. The van der Waals surface area contributed by atoms with Crippen molar-refractivity contribution in [3.8, 4) is 12.1 Å². The van der Waals surface area contributed by atoms with Crippen LogP contribution in [0.25, 0.3) is 0 Å². The number of hydrogen-bond donors (Lipinski definition) is 1. The highest BCUT2D eigenvalue weighted by molar-refractivity contribution is 5.40. The van der Waals surface area contributed by atoms with Crippen molar-refractivity contribution in [3.05, 3.63) is 35.4 Å². The highest BCUT2D eigenvalue weighted by atomic mass is 16.5. The number of aromatic nitrogens is 3. The first kappa shape index (κ1) is 14.5. The number of methoxy groups -OCH3 is 1. The van der Waals surface area contributed by atoms with Crippen LogP contribution in [0.2, 0.25) is 0 Å². The summed E-state index contributed by atoms with van der Waals surface area (Å²) in [6.45, 7) is 0.575. The van der Waals surface area contributed by atoms with Crippen molar-refractivity contribution in [1.29, 1.82) is 5.26 Å². The van der Waals surface area contributed by atoms with Crippen LogP contribution in [0.3, 0.4) is 0 Å². The van der Waals surface area contributed by atoms with E-state index in [4.69, 9.17) is 10.00 Å². The molecule has 1 N–H and O–H groups in total. The maximum absolute atomic E-state index is 8.93. The molecule has 0 atom stereocenters. The van der Waals surface area contributed by atoms with Gasteiger partial charge in [-0.05, 0) is 17.7 Å². The second kappa shape index (κ2) is 6.52. The van der Waals surface area contributed by atoms with Gasteiger partial charge in [0.25, 0.3) is 0 Å². The zero-order chi connectivity index (χ0) is 15.2. The Balaban J connectivity index is 2.23. The summed E-state index contributed by atoms with van der Waals surface area (Å²) >= 11 is 0. The number of nitrogens with zero attached hydrogens (tertiary/aromatic N) is 5. The lowest BCUT2D eigenvalue weighted by atomic mass is 10.1. The average molecular weight is 284 g/mol. The molecule has 0 aliphatic heterocycles.